The molecule has 1 N–H and O–H groups in total. The summed E-state index contributed by atoms with van der Waals surface area (Å²) in [6, 6.07) is 8.30. The van der Waals surface area contributed by atoms with Crippen LogP contribution >= 0.6 is 15.9 Å². The summed E-state index contributed by atoms with van der Waals surface area (Å²) in [7, 11) is 0. The van der Waals surface area contributed by atoms with Crippen LogP contribution in [0.15, 0.2) is 28.7 Å². The van der Waals surface area contributed by atoms with E-state index in [1.54, 1.807) is 0 Å². The number of halogens is 1. The van der Waals surface area contributed by atoms with Crippen molar-refractivity contribution >= 4 is 21.8 Å². The van der Waals surface area contributed by atoms with Crippen molar-refractivity contribution in [1.82, 2.24) is 10.2 Å². The standard InChI is InChI=1S/C14H19BrN2O2/c1-11(12-2-4-13(15)5-3-12)16-10-14(18)17-6-8-19-9-7-17/h2-5,11,16H,6-10H2,1H3/t11-/m0/s1. The molecule has 104 valence electrons. The van der Waals surface area contributed by atoms with Crippen LogP contribution in [0, 0.1) is 0 Å². The third kappa shape index (κ3) is 4.30. The topological polar surface area (TPSA) is 41.6 Å². The van der Waals surface area contributed by atoms with E-state index in [-0.39, 0.29) is 11.9 Å². The second-order valence-corrected chi connectivity index (χ2v) is 5.56. The summed E-state index contributed by atoms with van der Waals surface area (Å²) in [6.45, 7) is 5.13. The fourth-order valence-electron chi connectivity index (χ4n) is 2.03. The highest BCUT2D eigenvalue weighted by Crippen LogP contribution is 2.16. The molecule has 0 spiro atoms. The first-order valence-corrected chi connectivity index (χ1v) is 7.30. The molecule has 1 aromatic rings. The van der Waals surface area contributed by atoms with Gasteiger partial charge >= 0.3 is 0 Å². The van der Waals surface area contributed by atoms with Gasteiger partial charge in [-0.05, 0) is 24.6 Å². The van der Waals surface area contributed by atoms with Gasteiger partial charge in [0, 0.05) is 23.6 Å². The Labute approximate surface area is 122 Å². The van der Waals surface area contributed by atoms with Crippen LogP contribution in [0.5, 0.6) is 0 Å². The van der Waals surface area contributed by atoms with E-state index < -0.39 is 0 Å². The SMILES string of the molecule is C[C@H](NCC(=O)N1CCOCC1)c1ccc(Br)cc1. The summed E-state index contributed by atoms with van der Waals surface area (Å²) in [5.41, 5.74) is 1.18. The molecular weight excluding hydrogens is 308 g/mol. The molecule has 0 aliphatic carbocycles. The molecule has 0 aromatic heterocycles. The molecule has 4 nitrogen and oxygen atoms in total. The van der Waals surface area contributed by atoms with Crippen LogP contribution in [0.2, 0.25) is 0 Å². The normalized spacial score (nSPS) is 17.3. The lowest BCUT2D eigenvalue weighted by atomic mass is 10.1. The average molecular weight is 327 g/mol. The molecule has 1 aliphatic rings. The van der Waals surface area contributed by atoms with Crippen molar-refractivity contribution in [1.29, 1.82) is 0 Å². The maximum atomic E-state index is 12.0. The Balaban J connectivity index is 1.80. The molecule has 1 saturated heterocycles. The minimum absolute atomic E-state index is 0.146. The van der Waals surface area contributed by atoms with Gasteiger partial charge in [0.25, 0.3) is 0 Å². The van der Waals surface area contributed by atoms with Gasteiger partial charge in [-0.1, -0.05) is 28.1 Å². The molecule has 1 atom stereocenters. The number of morpholine rings is 1. The highest BCUT2D eigenvalue weighted by atomic mass is 79.9. The lowest BCUT2D eigenvalue weighted by molar-refractivity contribution is -0.134. The van der Waals surface area contributed by atoms with E-state index in [1.165, 1.54) is 5.56 Å². The third-order valence-corrected chi connectivity index (χ3v) is 3.82. The molecule has 0 bridgehead atoms. The van der Waals surface area contributed by atoms with Gasteiger partial charge in [0.05, 0.1) is 19.8 Å². The van der Waals surface area contributed by atoms with Crippen molar-refractivity contribution in [3.63, 3.8) is 0 Å². The van der Waals surface area contributed by atoms with Crippen molar-refractivity contribution in [2.24, 2.45) is 0 Å². The maximum absolute atomic E-state index is 12.0. The minimum atomic E-state index is 0.146. The second kappa shape index (κ2) is 7.03. The zero-order valence-corrected chi connectivity index (χ0v) is 12.6. The Morgan fingerprint density at radius 1 is 1.37 bits per heavy atom. The lowest BCUT2D eigenvalue weighted by Crippen LogP contribution is -2.45. The Kier molecular flexibility index (Phi) is 5.36. The number of carbonyl (C=O) groups excluding carboxylic acids is 1. The van der Waals surface area contributed by atoms with Crippen molar-refractivity contribution in [3.8, 4) is 0 Å². The quantitative estimate of drug-likeness (QED) is 0.919. The van der Waals surface area contributed by atoms with E-state index >= 15 is 0 Å². The number of carbonyl (C=O) groups is 1. The van der Waals surface area contributed by atoms with Gasteiger partial charge in [-0.15, -0.1) is 0 Å². The predicted octanol–water partition coefficient (Wildman–Crippen LogP) is 1.96. The average Bonchev–Trinajstić information content (AvgIpc) is 2.46. The number of nitrogens with zero attached hydrogens (tertiary/aromatic N) is 1. The van der Waals surface area contributed by atoms with Crippen molar-refractivity contribution < 1.29 is 9.53 Å². The zero-order valence-electron chi connectivity index (χ0n) is 11.1. The highest BCUT2D eigenvalue weighted by Gasteiger charge is 2.17. The smallest absolute Gasteiger partial charge is 0.236 e. The van der Waals surface area contributed by atoms with Gasteiger partial charge < -0.3 is 15.0 Å². The summed E-state index contributed by atoms with van der Waals surface area (Å²) < 4.78 is 6.30. The van der Waals surface area contributed by atoms with Gasteiger partial charge in [-0.3, -0.25) is 4.79 Å². The van der Waals surface area contributed by atoms with E-state index in [0.717, 1.165) is 4.47 Å². The summed E-state index contributed by atoms with van der Waals surface area (Å²) in [5, 5.41) is 3.27. The second-order valence-electron chi connectivity index (χ2n) is 4.65. The van der Waals surface area contributed by atoms with Crippen molar-refractivity contribution in [2.75, 3.05) is 32.8 Å². The van der Waals surface area contributed by atoms with Gasteiger partial charge in [0.1, 0.15) is 0 Å². The maximum Gasteiger partial charge on any atom is 0.236 e. The number of amides is 1. The zero-order chi connectivity index (χ0) is 13.7. The first kappa shape index (κ1) is 14.5. The molecule has 19 heavy (non-hydrogen) atoms. The number of nitrogens with one attached hydrogen (secondary N) is 1. The number of hydrogen-bond acceptors (Lipinski definition) is 3. The van der Waals surface area contributed by atoms with Crippen LogP contribution in [0.25, 0.3) is 0 Å². The first-order valence-electron chi connectivity index (χ1n) is 6.51. The van der Waals surface area contributed by atoms with Crippen LogP contribution in [-0.2, 0) is 9.53 Å². The Bertz CT molecular complexity index is 416. The van der Waals surface area contributed by atoms with E-state index in [1.807, 2.05) is 17.0 Å². The fourth-order valence-corrected chi connectivity index (χ4v) is 2.30. The minimum Gasteiger partial charge on any atom is -0.378 e. The van der Waals surface area contributed by atoms with E-state index in [9.17, 15) is 4.79 Å². The molecule has 2 rings (SSSR count). The van der Waals surface area contributed by atoms with Gasteiger partial charge in [-0.2, -0.15) is 0 Å². The summed E-state index contributed by atoms with van der Waals surface area (Å²) in [5.74, 6) is 0.146. The molecule has 1 aromatic carbocycles. The van der Waals surface area contributed by atoms with Crippen molar-refractivity contribution in [3.05, 3.63) is 34.3 Å². The van der Waals surface area contributed by atoms with Crippen molar-refractivity contribution in [2.45, 2.75) is 13.0 Å². The lowest BCUT2D eigenvalue weighted by Gasteiger charge is -2.27. The number of hydrogen-bond donors (Lipinski definition) is 1. The Hall–Kier alpha value is -0.910. The van der Waals surface area contributed by atoms with E-state index in [4.69, 9.17) is 4.74 Å². The summed E-state index contributed by atoms with van der Waals surface area (Å²) in [4.78, 5) is 13.8. The van der Waals surface area contributed by atoms with Crippen LogP contribution < -0.4 is 5.32 Å². The monoisotopic (exact) mass is 326 g/mol. The van der Waals surface area contributed by atoms with Gasteiger partial charge in [0.2, 0.25) is 5.91 Å². The van der Waals surface area contributed by atoms with Gasteiger partial charge in [0.15, 0.2) is 0 Å². The third-order valence-electron chi connectivity index (χ3n) is 3.29. The van der Waals surface area contributed by atoms with Gasteiger partial charge in [-0.25, -0.2) is 0 Å². The Morgan fingerprint density at radius 2 is 2.00 bits per heavy atom. The first-order chi connectivity index (χ1) is 9.16. The molecule has 1 amide bonds. The molecule has 1 heterocycles. The molecule has 0 saturated carbocycles. The van der Waals surface area contributed by atoms with Crippen LogP contribution in [-0.4, -0.2) is 43.7 Å². The summed E-state index contributed by atoms with van der Waals surface area (Å²) in [6.07, 6.45) is 0. The molecule has 5 heteroatoms. The molecule has 1 fully saturated rings. The molecule has 0 radical (unpaired) electrons. The predicted molar refractivity (Wildman–Crippen MR) is 78.0 cm³/mol. The van der Waals surface area contributed by atoms with E-state index in [0.29, 0.717) is 32.8 Å². The molecule has 1 aliphatic heterocycles. The van der Waals surface area contributed by atoms with Crippen LogP contribution in [0.3, 0.4) is 0 Å². The fraction of sp³-hybridized carbons (Fsp3) is 0.500. The van der Waals surface area contributed by atoms with Crippen LogP contribution in [0.4, 0.5) is 0 Å². The van der Waals surface area contributed by atoms with Crippen LogP contribution in [0.1, 0.15) is 18.5 Å². The highest BCUT2D eigenvalue weighted by molar-refractivity contribution is 9.10. The number of ether oxygens (including phenoxy) is 1. The number of benzene rings is 1. The largest absolute Gasteiger partial charge is 0.378 e. The van der Waals surface area contributed by atoms with E-state index in [2.05, 4.69) is 40.3 Å². The molecule has 0 unspecified atom stereocenters. The number of rotatable bonds is 4. The summed E-state index contributed by atoms with van der Waals surface area (Å²) >= 11 is 3.42. The molecular formula is C14H19BrN2O2. The Morgan fingerprint density at radius 3 is 2.63 bits per heavy atom.